The second kappa shape index (κ2) is 8.75. The molecule has 150 valence electrons. The van der Waals surface area contributed by atoms with E-state index in [4.69, 9.17) is 4.74 Å². The van der Waals surface area contributed by atoms with Crippen LogP contribution in [0.15, 0.2) is 30.5 Å². The minimum atomic E-state index is -0.175. The second-order valence-electron chi connectivity index (χ2n) is 7.59. The highest BCUT2D eigenvalue weighted by Crippen LogP contribution is 2.38. The number of rotatable bonds is 8. The Kier molecular flexibility index (Phi) is 5.92. The van der Waals surface area contributed by atoms with Crippen LogP contribution in [0.5, 0.6) is 0 Å². The SMILES string of the molecule is O=C(NCCc1c[nH]c2ccccc12)C1CC1C(=O)NCCN1CCOCC1. The first-order chi connectivity index (χ1) is 13.7. The fourth-order valence-corrected chi connectivity index (χ4v) is 3.86. The van der Waals surface area contributed by atoms with Gasteiger partial charge in [0.2, 0.25) is 11.8 Å². The lowest BCUT2D eigenvalue weighted by atomic mass is 10.1. The van der Waals surface area contributed by atoms with Crippen molar-refractivity contribution in [3.8, 4) is 0 Å². The monoisotopic (exact) mass is 384 g/mol. The van der Waals surface area contributed by atoms with Crippen molar-refractivity contribution in [3.63, 3.8) is 0 Å². The topological polar surface area (TPSA) is 86.5 Å². The number of H-pyrrole nitrogens is 1. The molecule has 3 N–H and O–H groups in total. The first-order valence-electron chi connectivity index (χ1n) is 10.1. The van der Waals surface area contributed by atoms with E-state index in [1.807, 2.05) is 24.4 Å². The van der Waals surface area contributed by atoms with Crippen LogP contribution in [-0.4, -0.2) is 67.6 Å². The van der Waals surface area contributed by atoms with Crippen LogP contribution in [0.4, 0.5) is 0 Å². The van der Waals surface area contributed by atoms with Crippen LogP contribution < -0.4 is 10.6 Å². The molecule has 2 aromatic rings. The maximum atomic E-state index is 12.3. The summed E-state index contributed by atoms with van der Waals surface area (Å²) in [6, 6.07) is 8.15. The summed E-state index contributed by atoms with van der Waals surface area (Å²) in [5, 5.41) is 7.15. The minimum absolute atomic E-state index is 0.00466. The molecular weight excluding hydrogens is 356 g/mol. The molecule has 2 heterocycles. The van der Waals surface area contributed by atoms with Crippen LogP contribution in [0.3, 0.4) is 0 Å². The fourth-order valence-electron chi connectivity index (χ4n) is 3.86. The Morgan fingerprint density at radius 2 is 1.79 bits per heavy atom. The molecule has 0 bridgehead atoms. The van der Waals surface area contributed by atoms with Gasteiger partial charge in [0.05, 0.1) is 25.0 Å². The number of benzene rings is 1. The molecular formula is C21H28N4O3. The maximum Gasteiger partial charge on any atom is 0.223 e. The zero-order valence-electron chi connectivity index (χ0n) is 16.1. The maximum absolute atomic E-state index is 12.3. The van der Waals surface area contributed by atoms with Crippen molar-refractivity contribution < 1.29 is 14.3 Å². The first kappa shape index (κ1) is 19.0. The summed E-state index contributed by atoms with van der Waals surface area (Å²) in [6.07, 6.45) is 3.43. The Balaban J connectivity index is 1.14. The summed E-state index contributed by atoms with van der Waals surface area (Å²) in [5.41, 5.74) is 2.31. The quantitative estimate of drug-likeness (QED) is 0.632. The van der Waals surface area contributed by atoms with Gasteiger partial charge in [-0.2, -0.15) is 0 Å². The number of aromatic nitrogens is 1. The Hall–Kier alpha value is -2.38. The van der Waals surface area contributed by atoms with Gasteiger partial charge in [0.15, 0.2) is 0 Å². The van der Waals surface area contributed by atoms with E-state index >= 15 is 0 Å². The third-order valence-corrected chi connectivity index (χ3v) is 5.66. The number of morpholine rings is 1. The number of para-hydroxylation sites is 1. The highest BCUT2D eigenvalue weighted by Gasteiger charge is 2.47. The molecule has 1 saturated heterocycles. The van der Waals surface area contributed by atoms with E-state index in [2.05, 4.69) is 26.6 Å². The molecule has 28 heavy (non-hydrogen) atoms. The van der Waals surface area contributed by atoms with Crippen LogP contribution in [0.25, 0.3) is 10.9 Å². The van der Waals surface area contributed by atoms with Gasteiger partial charge < -0.3 is 20.4 Å². The summed E-state index contributed by atoms with van der Waals surface area (Å²) in [7, 11) is 0. The number of amides is 2. The van der Waals surface area contributed by atoms with E-state index in [9.17, 15) is 9.59 Å². The largest absolute Gasteiger partial charge is 0.379 e. The molecule has 1 aromatic carbocycles. The Morgan fingerprint density at radius 1 is 1.07 bits per heavy atom. The molecule has 2 unspecified atom stereocenters. The molecule has 7 nitrogen and oxygen atoms in total. The smallest absolute Gasteiger partial charge is 0.223 e. The van der Waals surface area contributed by atoms with Crippen molar-refractivity contribution >= 4 is 22.7 Å². The van der Waals surface area contributed by atoms with Gasteiger partial charge in [-0.15, -0.1) is 0 Å². The highest BCUT2D eigenvalue weighted by molar-refractivity contribution is 5.92. The normalized spacial score (nSPS) is 22.1. The molecule has 7 heteroatoms. The van der Waals surface area contributed by atoms with E-state index < -0.39 is 0 Å². The summed E-state index contributed by atoms with van der Waals surface area (Å²) < 4.78 is 5.32. The number of aromatic amines is 1. The Labute approximate surface area is 164 Å². The number of hydrogen-bond acceptors (Lipinski definition) is 4. The van der Waals surface area contributed by atoms with Gasteiger partial charge in [0.1, 0.15) is 0 Å². The van der Waals surface area contributed by atoms with E-state index in [1.54, 1.807) is 0 Å². The van der Waals surface area contributed by atoms with Crippen molar-refractivity contribution in [2.24, 2.45) is 11.8 Å². The van der Waals surface area contributed by atoms with Gasteiger partial charge in [0.25, 0.3) is 0 Å². The van der Waals surface area contributed by atoms with Gasteiger partial charge in [-0.25, -0.2) is 0 Å². The number of hydrogen-bond donors (Lipinski definition) is 3. The van der Waals surface area contributed by atoms with Crippen LogP contribution in [0.1, 0.15) is 12.0 Å². The number of fused-ring (bicyclic) bond motifs is 1. The lowest BCUT2D eigenvalue weighted by Gasteiger charge is -2.26. The van der Waals surface area contributed by atoms with Gasteiger partial charge in [0, 0.05) is 49.8 Å². The number of carbonyl (C=O) groups is 2. The van der Waals surface area contributed by atoms with E-state index in [0.29, 0.717) is 19.5 Å². The molecule has 2 fully saturated rings. The molecule has 4 rings (SSSR count). The number of carbonyl (C=O) groups excluding carboxylic acids is 2. The van der Waals surface area contributed by atoms with Gasteiger partial charge in [-0.3, -0.25) is 14.5 Å². The molecule has 1 aliphatic carbocycles. The van der Waals surface area contributed by atoms with Crippen LogP contribution in [0, 0.1) is 11.8 Å². The molecule has 1 aliphatic heterocycles. The number of ether oxygens (including phenoxy) is 1. The predicted octanol–water partition coefficient (Wildman–Crippen LogP) is 0.911. The number of nitrogens with zero attached hydrogens (tertiary/aromatic N) is 1. The molecule has 1 aromatic heterocycles. The molecule has 0 radical (unpaired) electrons. The van der Waals surface area contributed by atoms with Crippen molar-refractivity contribution in [2.45, 2.75) is 12.8 Å². The molecule has 1 saturated carbocycles. The molecule has 2 atom stereocenters. The predicted molar refractivity (Wildman–Crippen MR) is 107 cm³/mol. The van der Waals surface area contributed by atoms with Crippen molar-refractivity contribution in [3.05, 3.63) is 36.0 Å². The molecule has 2 aliphatic rings. The van der Waals surface area contributed by atoms with Crippen LogP contribution >= 0.6 is 0 Å². The summed E-state index contributed by atoms with van der Waals surface area (Å²) in [5.74, 6) is -0.345. The van der Waals surface area contributed by atoms with Crippen molar-refractivity contribution in [1.82, 2.24) is 20.5 Å². The number of nitrogens with one attached hydrogen (secondary N) is 3. The Bertz CT molecular complexity index is 828. The van der Waals surface area contributed by atoms with Crippen LogP contribution in [0.2, 0.25) is 0 Å². The van der Waals surface area contributed by atoms with Crippen molar-refractivity contribution in [2.75, 3.05) is 45.9 Å². The van der Waals surface area contributed by atoms with Gasteiger partial charge >= 0.3 is 0 Å². The summed E-state index contributed by atoms with van der Waals surface area (Å²) in [4.78, 5) is 30.1. The van der Waals surface area contributed by atoms with E-state index in [-0.39, 0.29) is 23.7 Å². The average Bonchev–Trinajstić information content (AvgIpc) is 3.43. The van der Waals surface area contributed by atoms with Crippen LogP contribution in [-0.2, 0) is 20.7 Å². The van der Waals surface area contributed by atoms with E-state index in [0.717, 1.165) is 44.8 Å². The van der Waals surface area contributed by atoms with Crippen molar-refractivity contribution in [1.29, 1.82) is 0 Å². The fraction of sp³-hybridized carbons (Fsp3) is 0.524. The lowest BCUT2D eigenvalue weighted by Crippen LogP contribution is -2.41. The zero-order valence-corrected chi connectivity index (χ0v) is 16.1. The minimum Gasteiger partial charge on any atom is -0.379 e. The standard InChI is InChI=1S/C21H28N4O3/c26-20(22-6-5-15-14-24-19-4-2-1-3-16(15)19)17-13-18(17)21(27)23-7-8-25-9-11-28-12-10-25/h1-4,14,17-18,24H,5-13H2,(H,22,26)(H,23,27). The van der Waals surface area contributed by atoms with E-state index in [1.165, 1.54) is 10.9 Å². The zero-order chi connectivity index (χ0) is 19.3. The first-order valence-corrected chi connectivity index (χ1v) is 10.1. The Morgan fingerprint density at radius 3 is 2.57 bits per heavy atom. The summed E-state index contributed by atoms with van der Waals surface area (Å²) >= 11 is 0. The average molecular weight is 384 g/mol. The summed E-state index contributed by atoms with van der Waals surface area (Å²) in [6.45, 7) is 5.41. The molecule has 0 spiro atoms. The molecule has 2 amide bonds. The highest BCUT2D eigenvalue weighted by atomic mass is 16.5. The second-order valence-corrected chi connectivity index (χ2v) is 7.59. The third kappa shape index (κ3) is 4.54. The lowest BCUT2D eigenvalue weighted by molar-refractivity contribution is -0.127. The third-order valence-electron chi connectivity index (χ3n) is 5.66. The van der Waals surface area contributed by atoms with Gasteiger partial charge in [-0.1, -0.05) is 18.2 Å². The van der Waals surface area contributed by atoms with Gasteiger partial charge in [-0.05, 0) is 24.5 Å².